The Hall–Kier alpha value is -0.660. The second kappa shape index (κ2) is 13.8. The summed E-state index contributed by atoms with van der Waals surface area (Å²) in [5, 5.41) is 0. The second-order valence-electron chi connectivity index (χ2n) is 4.49. The maximum atomic E-state index is 10.4. The third-order valence-electron chi connectivity index (χ3n) is 2.53. The highest BCUT2D eigenvalue weighted by Crippen LogP contribution is 2.10. The number of rotatable bonds is 10. The van der Waals surface area contributed by atoms with Gasteiger partial charge in [-0.1, -0.05) is 58.3 Å². The lowest BCUT2D eigenvalue weighted by atomic mass is 10.1. The molecule has 7 heteroatoms. The molecule has 0 spiro atoms. The average molecular weight is 297 g/mol. The predicted molar refractivity (Wildman–Crippen MR) is 75.2 cm³/mol. The third-order valence-corrected chi connectivity index (χ3v) is 2.53. The fourth-order valence-electron chi connectivity index (χ4n) is 1.61. The van der Waals surface area contributed by atoms with Gasteiger partial charge in [0.25, 0.3) is 0 Å². The van der Waals surface area contributed by atoms with Crippen molar-refractivity contribution in [2.24, 2.45) is 5.73 Å². The van der Waals surface area contributed by atoms with Crippen molar-refractivity contribution in [3.05, 3.63) is 0 Å². The molecule has 0 aromatic carbocycles. The first-order chi connectivity index (χ1) is 8.77. The zero-order chi connectivity index (χ0) is 15.1. The molecule has 0 unspecified atom stereocenters. The Morgan fingerprint density at radius 3 is 1.53 bits per heavy atom. The standard InChI is InChI=1S/C12H25NO.H2O4S/c1-2-3-4-5-6-7-8-9-10-11-12(13)14;1-5(2,3)4/h2-11H2,1H3,(H2,13,14);(H2,1,2,3,4). The summed E-state index contributed by atoms with van der Waals surface area (Å²) in [5.41, 5.74) is 5.05. The fourth-order valence-corrected chi connectivity index (χ4v) is 1.61. The molecule has 0 bridgehead atoms. The maximum Gasteiger partial charge on any atom is 0.394 e. The van der Waals surface area contributed by atoms with Gasteiger partial charge in [0.05, 0.1) is 0 Å². The lowest BCUT2D eigenvalue weighted by Gasteiger charge is -2.00. The Bertz CT molecular complexity index is 295. The van der Waals surface area contributed by atoms with E-state index in [0.717, 1.165) is 12.8 Å². The van der Waals surface area contributed by atoms with Gasteiger partial charge < -0.3 is 5.73 Å². The molecule has 116 valence electrons. The van der Waals surface area contributed by atoms with Crippen molar-refractivity contribution in [3.63, 3.8) is 0 Å². The van der Waals surface area contributed by atoms with Crippen molar-refractivity contribution in [1.29, 1.82) is 0 Å². The molecular formula is C12H27NO5S. The Morgan fingerprint density at radius 2 is 1.21 bits per heavy atom. The minimum absolute atomic E-state index is 0.159. The molecule has 1 amide bonds. The molecule has 0 fully saturated rings. The van der Waals surface area contributed by atoms with Crippen molar-refractivity contribution >= 4 is 16.3 Å². The van der Waals surface area contributed by atoms with Crippen molar-refractivity contribution in [1.82, 2.24) is 0 Å². The van der Waals surface area contributed by atoms with Crippen LogP contribution in [0.5, 0.6) is 0 Å². The third kappa shape index (κ3) is 38.2. The van der Waals surface area contributed by atoms with E-state index in [2.05, 4.69) is 6.92 Å². The molecule has 0 aliphatic carbocycles. The molecule has 0 aliphatic rings. The Morgan fingerprint density at radius 1 is 0.895 bits per heavy atom. The number of carbonyl (C=O) groups is 1. The van der Waals surface area contributed by atoms with Gasteiger partial charge in [-0.3, -0.25) is 13.9 Å². The average Bonchev–Trinajstić information content (AvgIpc) is 2.24. The van der Waals surface area contributed by atoms with Crippen molar-refractivity contribution in [3.8, 4) is 0 Å². The van der Waals surface area contributed by atoms with E-state index in [1.807, 2.05) is 0 Å². The molecule has 0 saturated carbocycles. The molecule has 0 atom stereocenters. The number of primary amides is 1. The van der Waals surface area contributed by atoms with E-state index in [4.69, 9.17) is 23.3 Å². The Labute approximate surface area is 116 Å². The summed E-state index contributed by atoms with van der Waals surface area (Å²) < 4.78 is 31.6. The quantitative estimate of drug-likeness (QED) is 0.423. The first kappa shape index (κ1) is 20.7. The molecule has 0 rings (SSSR count). The van der Waals surface area contributed by atoms with Crippen LogP contribution < -0.4 is 5.73 Å². The van der Waals surface area contributed by atoms with Gasteiger partial charge in [0.15, 0.2) is 0 Å². The van der Waals surface area contributed by atoms with Crippen LogP contribution in [0.3, 0.4) is 0 Å². The van der Waals surface area contributed by atoms with Crippen LogP contribution in [-0.2, 0) is 15.2 Å². The molecule has 6 nitrogen and oxygen atoms in total. The van der Waals surface area contributed by atoms with E-state index >= 15 is 0 Å². The van der Waals surface area contributed by atoms with E-state index in [0.29, 0.717) is 6.42 Å². The summed E-state index contributed by atoms with van der Waals surface area (Å²) in [6.07, 6.45) is 12.1. The highest BCUT2D eigenvalue weighted by atomic mass is 32.3. The van der Waals surface area contributed by atoms with Crippen LogP contribution in [0.25, 0.3) is 0 Å². The number of hydrogen-bond donors (Lipinski definition) is 3. The van der Waals surface area contributed by atoms with E-state index in [1.54, 1.807) is 0 Å². The number of carbonyl (C=O) groups excluding carboxylic acids is 1. The molecule has 0 heterocycles. The predicted octanol–water partition coefficient (Wildman–Crippen LogP) is 2.74. The largest absolute Gasteiger partial charge is 0.394 e. The molecule has 19 heavy (non-hydrogen) atoms. The van der Waals surface area contributed by atoms with E-state index < -0.39 is 10.4 Å². The van der Waals surface area contributed by atoms with Crippen LogP contribution in [0.15, 0.2) is 0 Å². The summed E-state index contributed by atoms with van der Waals surface area (Å²) in [5.74, 6) is -0.159. The second-order valence-corrected chi connectivity index (χ2v) is 5.39. The SMILES string of the molecule is CCCCCCCCCCCC(N)=O.O=S(=O)(O)O. The van der Waals surface area contributed by atoms with Crippen LogP contribution >= 0.6 is 0 Å². The van der Waals surface area contributed by atoms with Gasteiger partial charge in [-0.15, -0.1) is 0 Å². The maximum absolute atomic E-state index is 10.4. The molecule has 0 radical (unpaired) electrons. The Balaban J connectivity index is 0. The van der Waals surface area contributed by atoms with Gasteiger partial charge in [0.1, 0.15) is 0 Å². The van der Waals surface area contributed by atoms with Crippen LogP contribution in [0.4, 0.5) is 0 Å². The van der Waals surface area contributed by atoms with Gasteiger partial charge in [-0.25, -0.2) is 0 Å². The fraction of sp³-hybridized carbons (Fsp3) is 0.917. The first-order valence-electron chi connectivity index (χ1n) is 6.75. The monoisotopic (exact) mass is 297 g/mol. The van der Waals surface area contributed by atoms with Gasteiger partial charge in [-0.05, 0) is 6.42 Å². The number of unbranched alkanes of at least 4 members (excludes halogenated alkanes) is 8. The lowest BCUT2D eigenvalue weighted by Crippen LogP contribution is -2.09. The van der Waals surface area contributed by atoms with Crippen LogP contribution in [0, 0.1) is 0 Å². The normalized spacial score (nSPS) is 10.7. The smallest absolute Gasteiger partial charge is 0.370 e. The molecule has 4 N–H and O–H groups in total. The summed E-state index contributed by atoms with van der Waals surface area (Å²) in [7, 11) is -4.67. The van der Waals surface area contributed by atoms with E-state index in [-0.39, 0.29) is 5.91 Å². The summed E-state index contributed by atoms with van der Waals surface area (Å²) in [4.78, 5) is 10.4. The highest BCUT2D eigenvalue weighted by Gasteiger charge is 1.94. The van der Waals surface area contributed by atoms with Crippen LogP contribution in [-0.4, -0.2) is 23.4 Å². The molecular weight excluding hydrogens is 270 g/mol. The Kier molecular flexibility index (Phi) is 15.0. The topological polar surface area (TPSA) is 118 Å². The van der Waals surface area contributed by atoms with E-state index in [1.165, 1.54) is 44.9 Å². The molecule has 0 aromatic heterocycles. The number of nitrogens with two attached hydrogens (primary N) is 1. The van der Waals surface area contributed by atoms with Crippen molar-refractivity contribution in [2.45, 2.75) is 71.1 Å². The number of hydrogen-bond acceptors (Lipinski definition) is 3. The minimum atomic E-state index is -4.67. The summed E-state index contributed by atoms with van der Waals surface area (Å²) in [6.45, 7) is 2.24. The summed E-state index contributed by atoms with van der Waals surface area (Å²) in [6, 6.07) is 0. The van der Waals surface area contributed by atoms with Gasteiger partial charge in [-0.2, -0.15) is 8.42 Å². The van der Waals surface area contributed by atoms with Crippen LogP contribution in [0.2, 0.25) is 0 Å². The minimum Gasteiger partial charge on any atom is -0.370 e. The molecule has 0 aliphatic heterocycles. The van der Waals surface area contributed by atoms with E-state index in [9.17, 15) is 4.79 Å². The zero-order valence-corrected chi connectivity index (χ0v) is 12.5. The number of amides is 1. The van der Waals surface area contributed by atoms with Gasteiger partial charge in [0, 0.05) is 6.42 Å². The molecule has 0 saturated heterocycles. The van der Waals surface area contributed by atoms with Gasteiger partial charge >= 0.3 is 10.4 Å². The van der Waals surface area contributed by atoms with Gasteiger partial charge in [0.2, 0.25) is 5.91 Å². The van der Waals surface area contributed by atoms with Crippen LogP contribution in [0.1, 0.15) is 71.1 Å². The van der Waals surface area contributed by atoms with Crippen molar-refractivity contribution in [2.75, 3.05) is 0 Å². The zero-order valence-electron chi connectivity index (χ0n) is 11.7. The molecule has 0 aromatic rings. The highest BCUT2D eigenvalue weighted by molar-refractivity contribution is 7.79. The van der Waals surface area contributed by atoms with Crippen molar-refractivity contribution < 1.29 is 22.3 Å². The first-order valence-corrected chi connectivity index (χ1v) is 8.15. The summed E-state index contributed by atoms with van der Waals surface area (Å²) >= 11 is 0. The lowest BCUT2D eigenvalue weighted by molar-refractivity contribution is -0.118.